The summed E-state index contributed by atoms with van der Waals surface area (Å²) in [5.41, 5.74) is 6.65. The molecule has 1 aromatic carbocycles. The molecule has 0 heterocycles. The largest absolute Gasteiger partial charge is 0.468 e. The molecular formula is C12H15ClN2O3S. The summed E-state index contributed by atoms with van der Waals surface area (Å²) in [7, 11) is 1.33. The summed E-state index contributed by atoms with van der Waals surface area (Å²) >= 11 is 7.13. The number of amides is 1. The van der Waals surface area contributed by atoms with E-state index < -0.39 is 0 Å². The van der Waals surface area contributed by atoms with Gasteiger partial charge in [-0.1, -0.05) is 11.6 Å². The minimum absolute atomic E-state index is 0.140. The number of nitrogen functional groups attached to an aromatic ring is 1. The second-order valence-electron chi connectivity index (χ2n) is 3.66. The molecule has 1 aromatic rings. The first-order valence-corrected chi connectivity index (χ1v) is 7.05. The first-order chi connectivity index (χ1) is 9.02. The second-order valence-corrected chi connectivity index (χ2v) is 5.18. The van der Waals surface area contributed by atoms with Crippen LogP contribution in [0.1, 0.15) is 6.42 Å². The Kier molecular flexibility index (Phi) is 6.52. The molecule has 0 saturated heterocycles. The highest BCUT2D eigenvalue weighted by molar-refractivity contribution is 7.99. The molecule has 5 nitrogen and oxygen atoms in total. The number of ether oxygens (including phenoxy) is 1. The Labute approximate surface area is 120 Å². The van der Waals surface area contributed by atoms with Crippen molar-refractivity contribution in [1.29, 1.82) is 0 Å². The summed E-state index contributed by atoms with van der Waals surface area (Å²) in [6, 6.07) is 4.90. The van der Waals surface area contributed by atoms with Crippen LogP contribution >= 0.6 is 23.4 Å². The van der Waals surface area contributed by atoms with Gasteiger partial charge in [-0.05, 0) is 18.2 Å². The van der Waals surface area contributed by atoms with Crippen molar-refractivity contribution < 1.29 is 14.3 Å². The number of esters is 1. The van der Waals surface area contributed by atoms with Crippen LogP contribution < -0.4 is 11.1 Å². The van der Waals surface area contributed by atoms with Crippen LogP contribution in [0, 0.1) is 0 Å². The molecule has 0 fully saturated rings. The Morgan fingerprint density at radius 3 is 2.84 bits per heavy atom. The Balaban J connectivity index is 2.31. The van der Waals surface area contributed by atoms with Gasteiger partial charge in [0.1, 0.15) is 0 Å². The molecule has 19 heavy (non-hydrogen) atoms. The lowest BCUT2D eigenvalue weighted by atomic mass is 10.2. The Morgan fingerprint density at radius 1 is 1.47 bits per heavy atom. The number of nitrogens with one attached hydrogen (secondary N) is 1. The number of nitrogens with two attached hydrogens (primary N) is 1. The third kappa shape index (κ3) is 5.85. The number of methoxy groups -OCH3 is 1. The van der Waals surface area contributed by atoms with E-state index in [-0.39, 0.29) is 17.6 Å². The van der Waals surface area contributed by atoms with Crippen molar-refractivity contribution in [3.8, 4) is 0 Å². The molecule has 0 aliphatic heterocycles. The molecule has 0 aromatic heterocycles. The van der Waals surface area contributed by atoms with Crippen LogP contribution in [0.2, 0.25) is 5.02 Å². The molecule has 0 atom stereocenters. The highest BCUT2D eigenvalue weighted by Gasteiger charge is 2.05. The number of thioether (sulfide) groups is 1. The zero-order chi connectivity index (χ0) is 14.3. The van der Waals surface area contributed by atoms with Gasteiger partial charge in [-0.15, -0.1) is 11.8 Å². The first kappa shape index (κ1) is 15.7. The van der Waals surface area contributed by atoms with Crippen LogP contribution in [0.4, 0.5) is 11.4 Å². The van der Waals surface area contributed by atoms with Gasteiger partial charge in [0.05, 0.1) is 23.6 Å². The smallest absolute Gasteiger partial charge is 0.315 e. The van der Waals surface area contributed by atoms with Crippen molar-refractivity contribution in [3.63, 3.8) is 0 Å². The summed E-state index contributed by atoms with van der Waals surface area (Å²) in [5.74, 6) is 0.358. The lowest BCUT2D eigenvalue weighted by Gasteiger charge is -2.06. The molecule has 0 aliphatic carbocycles. The molecule has 0 unspecified atom stereocenters. The molecule has 1 amide bonds. The normalized spacial score (nSPS) is 10.0. The SMILES string of the molecule is COC(=O)CSCCC(=O)Nc1ccc(Cl)c(N)c1. The number of rotatable bonds is 6. The van der Waals surface area contributed by atoms with Crippen LogP contribution in [-0.4, -0.2) is 30.5 Å². The second kappa shape index (κ2) is 7.91. The standard InChI is InChI=1S/C12H15ClN2O3S/c1-18-12(17)7-19-5-4-11(16)15-8-2-3-9(13)10(14)6-8/h2-3,6H,4-5,7,14H2,1H3,(H,15,16). The van der Waals surface area contributed by atoms with E-state index in [1.807, 2.05) is 0 Å². The van der Waals surface area contributed by atoms with Gasteiger partial charge < -0.3 is 15.8 Å². The number of halogens is 1. The summed E-state index contributed by atoms with van der Waals surface area (Å²) < 4.78 is 4.49. The molecular weight excluding hydrogens is 288 g/mol. The summed E-state index contributed by atoms with van der Waals surface area (Å²) in [4.78, 5) is 22.5. The van der Waals surface area contributed by atoms with Gasteiger partial charge in [-0.3, -0.25) is 9.59 Å². The molecule has 3 N–H and O–H groups in total. The van der Waals surface area contributed by atoms with E-state index in [1.165, 1.54) is 18.9 Å². The third-order valence-corrected chi connectivity index (χ3v) is 3.48. The number of anilines is 2. The highest BCUT2D eigenvalue weighted by atomic mass is 35.5. The van der Waals surface area contributed by atoms with Crippen LogP contribution in [0.15, 0.2) is 18.2 Å². The maximum atomic E-state index is 11.6. The Bertz CT molecular complexity index is 468. The Morgan fingerprint density at radius 2 is 2.21 bits per heavy atom. The molecule has 1 rings (SSSR count). The first-order valence-electron chi connectivity index (χ1n) is 5.52. The fraction of sp³-hybridized carbons (Fsp3) is 0.333. The van der Waals surface area contributed by atoms with Crippen molar-refractivity contribution in [3.05, 3.63) is 23.2 Å². The van der Waals surface area contributed by atoms with E-state index >= 15 is 0 Å². The molecule has 7 heteroatoms. The fourth-order valence-electron chi connectivity index (χ4n) is 1.22. The predicted octanol–water partition coefficient (Wildman–Crippen LogP) is 2.16. The van der Waals surface area contributed by atoms with Crippen LogP contribution in [0.25, 0.3) is 0 Å². The van der Waals surface area contributed by atoms with Gasteiger partial charge in [0.15, 0.2) is 0 Å². The van der Waals surface area contributed by atoms with E-state index in [1.54, 1.807) is 18.2 Å². The zero-order valence-electron chi connectivity index (χ0n) is 10.4. The molecule has 0 bridgehead atoms. The van der Waals surface area contributed by atoms with Crippen molar-refractivity contribution in [1.82, 2.24) is 0 Å². The van der Waals surface area contributed by atoms with Gasteiger partial charge in [0, 0.05) is 17.9 Å². The van der Waals surface area contributed by atoms with E-state index in [0.29, 0.717) is 28.6 Å². The molecule has 0 saturated carbocycles. The summed E-state index contributed by atoms with van der Waals surface area (Å²) in [6.45, 7) is 0. The number of carbonyl (C=O) groups excluding carboxylic acids is 2. The van der Waals surface area contributed by atoms with Crippen LogP contribution in [0.5, 0.6) is 0 Å². The lowest BCUT2D eigenvalue weighted by Crippen LogP contribution is -2.13. The zero-order valence-corrected chi connectivity index (χ0v) is 12.0. The van der Waals surface area contributed by atoms with Gasteiger partial charge in [0.2, 0.25) is 5.91 Å². The van der Waals surface area contributed by atoms with Gasteiger partial charge in [-0.25, -0.2) is 0 Å². The maximum Gasteiger partial charge on any atom is 0.315 e. The molecule has 0 spiro atoms. The van der Waals surface area contributed by atoms with Crippen LogP contribution in [-0.2, 0) is 14.3 Å². The summed E-state index contributed by atoms with van der Waals surface area (Å²) in [5, 5.41) is 3.16. The number of carbonyl (C=O) groups is 2. The topological polar surface area (TPSA) is 81.4 Å². The third-order valence-electron chi connectivity index (χ3n) is 2.20. The summed E-state index contributed by atoms with van der Waals surface area (Å²) in [6.07, 6.45) is 0.310. The maximum absolute atomic E-state index is 11.6. The van der Waals surface area contributed by atoms with Crippen molar-refractivity contribution in [2.45, 2.75) is 6.42 Å². The van der Waals surface area contributed by atoms with E-state index in [0.717, 1.165) is 0 Å². The van der Waals surface area contributed by atoms with E-state index in [4.69, 9.17) is 17.3 Å². The monoisotopic (exact) mass is 302 g/mol. The van der Waals surface area contributed by atoms with Crippen molar-refractivity contribution >= 4 is 46.6 Å². The highest BCUT2D eigenvalue weighted by Crippen LogP contribution is 2.22. The number of hydrogen-bond donors (Lipinski definition) is 2. The minimum Gasteiger partial charge on any atom is -0.468 e. The quantitative estimate of drug-likeness (QED) is 0.478. The molecule has 0 aliphatic rings. The van der Waals surface area contributed by atoms with E-state index in [9.17, 15) is 9.59 Å². The van der Waals surface area contributed by atoms with Crippen molar-refractivity contribution in [2.24, 2.45) is 0 Å². The fourth-order valence-corrected chi connectivity index (χ4v) is 2.10. The minimum atomic E-state index is -0.295. The average molecular weight is 303 g/mol. The number of benzene rings is 1. The Hall–Kier alpha value is -1.40. The predicted molar refractivity (Wildman–Crippen MR) is 78.5 cm³/mol. The van der Waals surface area contributed by atoms with E-state index in [2.05, 4.69) is 10.1 Å². The van der Waals surface area contributed by atoms with Gasteiger partial charge in [-0.2, -0.15) is 0 Å². The molecule has 104 valence electrons. The van der Waals surface area contributed by atoms with Gasteiger partial charge in [0.25, 0.3) is 0 Å². The van der Waals surface area contributed by atoms with Gasteiger partial charge >= 0.3 is 5.97 Å². The number of hydrogen-bond acceptors (Lipinski definition) is 5. The van der Waals surface area contributed by atoms with Crippen molar-refractivity contribution in [2.75, 3.05) is 29.7 Å². The molecule has 0 radical (unpaired) electrons. The van der Waals surface area contributed by atoms with Crippen LogP contribution in [0.3, 0.4) is 0 Å². The lowest BCUT2D eigenvalue weighted by molar-refractivity contribution is -0.137. The average Bonchev–Trinajstić information content (AvgIpc) is 2.38.